The molecule has 0 aliphatic heterocycles. The first-order valence-electron chi connectivity index (χ1n) is 8.66. The molecule has 0 fully saturated rings. The van der Waals surface area contributed by atoms with Gasteiger partial charge in [0.05, 0.1) is 17.1 Å². The molecule has 2 heterocycles. The quantitative estimate of drug-likeness (QED) is 0.475. The summed E-state index contributed by atoms with van der Waals surface area (Å²) in [6, 6.07) is 0. The highest BCUT2D eigenvalue weighted by atomic mass is 32.1. The number of hydrogen-bond acceptors (Lipinski definition) is 7. The summed E-state index contributed by atoms with van der Waals surface area (Å²) in [4.78, 5) is 36.9. The molecule has 0 atom stereocenters. The molecule has 0 aromatic carbocycles. The van der Waals surface area contributed by atoms with Gasteiger partial charge in [-0.2, -0.15) is 5.10 Å². The summed E-state index contributed by atoms with van der Waals surface area (Å²) in [5.41, 5.74) is 0.934. The Morgan fingerprint density at radius 2 is 2.07 bits per heavy atom. The molecule has 3 rings (SSSR count). The van der Waals surface area contributed by atoms with Crippen molar-refractivity contribution in [2.75, 3.05) is 11.9 Å². The predicted octanol–water partition coefficient (Wildman–Crippen LogP) is 3.01. The van der Waals surface area contributed by atoms with Crippen molar-refractivity contribution in [1.82, 2.24) is 9.78 Å². The second-order valence-corrected chi connectivity index (χ2v) is 7.36. The lowest BCUT2D eigenvalue weighted by Gasteiger charge is -2.12. The smallest absolute Gasteiger partial charge is 0.341 e. The van der Waals surface area contributed by atoms with Gasteiger partial charge in [-0.15, -0.1) is 11.3 Å². The number of nitrogens with one attached hydrogen (secondary N) is 1. The van der Waals surface area contributed by atoms with E-state index >= 15 is 0 Å². The van der Waals surface area contributed by atoms with E-state index in [0.717, 1.165) is 36.1 Å². The van der Waals surface area contributed by atoms with Gasteiger partial charge in [0.25, 0.3) is 5.91 Å². The van der Waals surface area contributed by atoms with Gasteiger partial charge in [0.1, 0.15) is 10.7 Å². The van der Waals surface area contributed by atoms with E-state index in [1.165, 1.54) is 30.0 Å². The number of hydrogen-bond donors (Lipinski definition) is 1. The summed E-state index contributed by atoms with van der Waals surface area (Å²) in [6.45, 7) is 3.46. The maximum absolute atomic E-state index is 12.7. The van der Waals surface area contributed by atoms with E-state index in [2.05, 4.69) is 10.4 Å². The summed E-state index contributed by atoms with van der Waals surface area (Å²) in [5, 5.41) is 18.3. The number of ether oxygens (including phenoxy) is 1. The second kappa shape index (κ2) is 7.47. The fourth-order valence-corrected chi connectivity index (χ4v) is 4.48. The van der Waals surface area contributed by atoms with Crippen LogP contribution in [0.3, 0.4) is 0 Å². The van der Waals surface area contributed by atoms with Crippen LogP contribution < -0.4 is 5.32 Å². The van der Waals surface area contributed by atoms with Crippen LogP contribution in [0.4, 0.5) is 10.7 Å². The van der Waals surface area contributed by atoms with Gasteiger partial charge in [-0.3, -0.25) is 19.6 Å². The second-order valence-electron chi connectivity index (χ2n) is 6.25. The van der Waals surface area contributed by atoms with Gasteiger partial charge in [-0.05, 0) is 45.1 Å². The first-order valence-corrected chi connectivity index (χ1v) is 9.47. The Morgan fingerprint density at radius 1 is 1.37 bits per heavy atom. The summed E-state index contributed by atoms with van der Waals surface area (Å²) in [6.07, 6.45) is 3.58. The third-order valence-electron chi connectivity index (χ3n) is 4.58. The number of rotatable bonds is 5. The number of thiophene rings is 1. The fourth-order valence-electron chi connectivity index (χ4n) is 3.20. The number of amides is 1. The van der Waals surface area contributed by atoms with Gasteiger partial charge in [-0.25, -0.2) is 4.79 Å². The number of nitrogens with zero attached hydrogens (tertiary/aromatic N) is 3. The largest absolute Gasteiger partial charge is 0.462 e. The van der Waals surface area contributed by atoms with Gasteiger partial charge < -0.3 is 10.1 Å². The molecule has 10 heteroatoms. The van der Waals surface area contributed by atoms with E-state index in [4.69, 9.17) is 4.74 Å². The van der Waals surface area contributed by atoms with Crippen molar-refractivity contribution in [3.63, 3.8) is 0 Å². The zero-order valence-electron chi connectivity index (χ0n) is 15.3. The molecule has 0 unspecified atom stereocenters. The zero-order valence-corrected chi connectivity index (χ0v) is 16.1. The van der Waals surface area contributed by atoms with Crippen LogP contribution in [-0.2, 0) is 24.6 Å². The van der Waals surface area contributed by atoms with Crippen LogP contribution in [0.2, 0.25) is 0 Å². The highest BCUT2D eigenvalue weighted by Crippen LogP contribution is 2.39. The summed E-state index contributed by atoms with van der Waals surface area (Å²) in [5.74, 6) is -1.20. The Labute approximate surface area is 159 Å². The number of aryl methyl sites for hydroxylation is 2. The normalized spacial score (nSPS) is 13.1. The van der Waals surface area contributed by atoms with E-state index in [9.17, 15) is 19.7 Å². The molecule has 27 heavy (non-hydrogen) atoms. The molecule has 1 aliphatic carbocycles. The highest BCUT2D eigenvalue weighted by molar-refractivity contribution is 7.17. The number of fused-ring (bicyclic) bond motifs is 1. The number of anilines is 1. The van der Waals surface area contributed by atoms with Crippen molar-refractivity contribution in [3.8, 4) is 0 Å². The Morgan fingerprint density at radius 3 is 2.74 bits per heavy atom. The number of carbonyl (C=O) groups is 2. The molecule has 1 aliphatic rings. The molecular formula is C17H20N4O5S. The number of carbonyl (C=O) groups excluding carboxylic acids is 2. The van der Waals surface area contributed by atoms with E-state index in [1.807, 2.05) is 0 Å². The Bertz CT molecular complexity index is 930. The van der Waals surface area contributed by atoms with Crippen LogP contribution in [0, 0.1) is 17.0 Å². The Balaban J connectivity index is 2.00. The minimum absolute atomic E-state index is 0.224. The maximum atomic E-state index is 12.7. The standard InChI is InChI=1S/C17H20N4O5S/c1-4-26-17(23)12-10-7-5-6-8-11(10)27-16(12)18-15(22)13-14(21(24)25)9(2)20(3)19-13/h4-8H2,1-3H3,(H,18,22). The van der Waals surface area contributed by atoms with Crippen molar-refractivity contribution < 1.29 is 19.2 Å². The monoisotopic (exact) mass is 392 g/mol. The number of esters is 1. The molecule has 9 nitrogen and oxygen atoms in total. The molecule has 0 saturated carbocycles. The Hall–Kier alpha value is -2.75. The molecule has 0 bridgehead atoms. The van der Waals surface area contributed by atoms with E-state index in [-0.39, 0.29) is 23.7 Å². The van der Waals surface area contributed by atoms with Crippen LogP contribution in [-0.4, -0.2) is 33.2 Å². The van der Waals surface area contributed by atoms with Gasteiger partial charge in [-0.1, -0.05) is 0 Å². The van der Waals surface area contributed by atoms with Gasteiger partial charge in [0.2, 0.25) is 5.69 Å². The topological polar surface area (TPSA) is 116 Å². The average molecular weight is 392 g/mol. The molecule has 144 valence electrons. The third-order valence-corrected chi connectivity index (χ3v) is 5.79. The molecule has 0 spiro atoms. The van der Waals surface area contributed by atoms with Crippen LogP contribution in [0.1, 0.15) is 56.7 Å². The first-order chi connectivity index (χ1) is 12.8. The van der Waals surface area contributed by atoms with Gasteiger partial charge >= 0.3 is 11.7 Å². The minimum Gasteiger partial charge on any atom is -0.462 e. The molecule has 2 aromatic heterocycles. The molecule has 1 N–H and O–H groups in total. The number of nitro groups is 1. The van der Waals surface area contributed by atoms with Gasteiger partial charge in [0.15, 0.2) is 0 Å². The van der Waals surface area contributed by atoms with Crippen LogP contribution in [0.25, 0.3) is 0 Å². The zero-order chi connectivity index (χ0) is 19.7. The average Bonchev–Trinajstić information content (AvgIpc) is 3.12. The summed E-state index contributed by atoms with van der Waals surface area (Å²) >= 11 is 1.33. The van der Waals surface area contributed by atoms with Crippen molar-refractivity contribution in [1.29, 1.82) is 0 Å². The number of aromatic nitrogens is 2. The van der Waals surface area contributed by atoms with Crippen molar-refractivity contribution in [2.24, 2.45) is 7.05 Å². The van der Waals surface area contributed by atoms with Crippen molar-refractivity contribution in [2.45, 2.75) is 39.5 Å². The van der Waals surface area contributed by atoms with E-state index in [1.54, 1.807) is 6.92 Å². The summed E-state index contributed by atoms with van der Waals surface area (Å²) in [7, 11) is 1.53. The van der Waals surface area contributed by atoms with Crippen LogP contribution in [0.15, 0.2) is 0 Å². The lowest BCUT2D eigenvalue weighted by molar-refractivity contribution is -0.385. The predicted molar refractivity (Wildman–Crippen MR) is 99.5 cm³/mol. The third kappa shape index (κ3) is 3.44. The minimum atomic E-state index is -0.713. The molecule has 0 radical (unpaired) electrons. The lowest BCUT2D eigenvalue weighted by atomic mass is 9.95. The maximum Gasteiger partial charge on any atom is 0.341 e. The van der Waals surface area contributed by atoms with E-state index in [0.29, 0.717) is 10.6 Å². The SMILES string of the molecule is CCOC(=O)c1c(NC(=O)c2nn(C)c(C)c2[N+](=O)[O-])sc2c1CCCC2. The van der Waals surface area contributed by atoms with Crippen LogP contribution in [0.5, 0.6) is 0 Å². The lowest BCUT2D eigenvalue weighted by Crippen LogP contribution is -2.17. The molecule has 0 saturated heterocycles. The van der Waals surface area contributed by atoms with Crippen molar-refractivity contribution in [3.05, 3.63) is 37.5 Å². The Kier molecular flexibility index (Phi) is 5.26. The summed E-state index contributed by atoms with van der Waals surface area (Å²) < 4.78 is 6.44. The first kappa shape index (κ1) is 19.0. The fraction of sp³-hybridized carbons (Fsp3) is 0.471. The molecule has 1 amide bonds. The molecule has 2 aromatic rings. The van der Waals surface area contributed by atoms with Gasteiger partial charge in [0, 0.05) is 11.9 Å². The van der Waals surface area contributed by atoms with Crippen molar-refractivity contribution >= 4 is 33.9 Å². The van der Waals surface area contributed by atoms with Crippen LogP contribution >= 0.6 is 11.3 Å². The molecular weight excluding hydrogens is 372 g/mol. The van der Waals surface area contributed by atoms with E-state index < -0.39 is 16.8 Å². The highest BCUT2D eigenvalue weighted by Gasteiger charge is 2.32.